The van der Waals surface area contributed by atoms with Crippen LogP contribution in [0.15, 0.2) is 42.5 Å². The van der Waals surface area contributed by atoms with E-state index in [-0.39, 0.29) is 0 Å². The number of carboxylic acids is 1. The Morgan fingerprint density at radius 1 is 1.09 bits per heavy atom. The summed E-state index contributed by atoms with van der Waals surface area (Å²) >= 11 is 0. The van der Waals surface area contributed by atoms with Crippen LogP contribution in [-0.2, 0) is 11.2 Å². The monoisotopic (exact) mass is 298 g/mol. The van der Waals surface area contributed by atoms with Gasteiger partial charge in [0.1, 0.15) is 13.2 Å². The highest BCUT2D eigenvalue weighted by Crippen LogP contribution is 2.34. The van der Waals surface area contributed by atoms with Gasteiger partial charge in [0.15, 0.2) is 11.5 Å². The van der Waals surface area contributed by atoms with Gasteiger partial charge in [-0.1, -0.05) is 35.9 Å². The summed E-state index contributed by atoms with van der Waals surface area (Å²) in [6, 6.07) is 13.3. The van der Waals surface area contributed by atoms with Crippen LogP contribution < -0.4 is 9.47 Å². The van der Waals surface area contributed by atoms with Crippen molar-refractivity contribution in [1.29, 1.82) is 0 Å². The average Bonchev–Trinajstić information content (AvgIpc) is 2.53. The minimum Gasteiger partial charge on any atom is -0.486 e. The van der Waals surface area contributed by atoms with Crippen LogP contribution in [0.5, 0.6) is 11.5 Å². The van der Waals surface area contributed by atoms with Crippen LogP contribution in [0.2, 0.25) is 0 Å². The molecule has 2 aromatic carbocycles. The lowest BCUT2D eigenvalue weighted by atomic mass is 9.91. The van der Waals surface area contributed by atoms with Crippen LogP contribution in [0.25, 0.3) is 0 Å². The first kappa shape index (κ1) is 14.4. The number of rotatable bonds is 4. The zero-order valence-corrected chi connectivity index (χ0v) is 12.4. The first-order valence-corrected chi connectivity index (χ1v) is 7.31. The second kappa shape index (κ2) is 6.10. The Bertz CT molecular complexity index is 676. The normalized spacial score (nSPS) is 14.4. The smallest absolute Gasteiger partial charge is 0.311 e. The average molecular weight is 298 g/mol. The van der Waals surface area contributed by atoms with E-state index in [0.717, 1.165) is 16.7 Å². The van der Waals surface area contributed by atoms with Crippen LogP contribution >= 0.6 is 0 Å². The molecule has 4 nitrogen and oxygen atoms in total. The molecule has 4 heteroatoms. The van der Waals surface area contributed by atoms with E-state index in [4.69, 9.17) is 9.47 Å². The minimum atomic E-state index is -0.836. The molecule has 1 heterocycles. The number of hydrogen-bond acceptors (Lipinski definition) is 3. The van der Waals surface area contributed by atoms with E-state index < -0.39 is 11.9 Å². The summed E-state index contributed by atoms with van der Waals surface area (Å²) in [6.07, 6.45) is 0.454. The molecule has 0 fully saturated rings. The molecule has 1 aliphatic rings. The molecule has 1 aliphatic heterocycles. The van der Waals surface area contributed by atoms with Crippen molar-refractivity contribution in [3.8, 4) is 11.5 Å². The Morgan fingerprint density at radius 2 is 1.77 bits per heavy atom. The van der Waals surface area contributed by atoms with Crippen molar-refractivity contribution >= 4 is 5.97 Å². The van der Waals surface area contributed by atoms with Gasteiger partial charge in [-0.15, -0.1) is 0 Å². The van der Waals surface area contributed by atoms with Gasteiger partial charge in [-0.05, 0) is 36.6 Å². The van der Waals surface area contributed by atoms with Gasteiger partial charge in [-0.25, -0.2) is 0 Å². The Kier molecular flexibility index (Phi) is 4.00. The number of hydrogen-bond donors (Lipinski definition) is 1. The van der Waals surface area contributed by atoms with E-state index >= 15 is 0 Å². The summed E-state index contributed by atoms with van der Waals surface area (Å²) in [6.45, 7) is 3.03. The van der Waals surface area contributed by atoms with E-state index in [9.17, 15) is 9.90 Å². The fourth-order valence-electron chi connectivity index (χ4n) is 2.58. The predicted octanol–water partition coefficient (Wildman–Crippen LogP) is 3.18. The van der Waals surface area contributed by atoms with Crippen molar-refractivity contribution in [2.75, 3.05) is 13.2 Å². The molecule has 0 radical (unpaired) electrons. The van der Waals surface area contributed by atoms with E-state index in [1.165, 1.54) is 0 Å². The molecule has 0 saturated heterocycles. The molecule has 0 saturated carbocycles. The number of carbonyl (C=O) groups is 1. The second-order valence-electron chi connectivity index (χ2n) is 5.48. The molecule has 0 aliphatic carbocycles. The maximum atomic E-state index is 11.7. The van der Waals surface area contributed by atoms with Crippen molar-refractivity contribution < 1.29 is 19.4 Å². The Morgan fingerprint density at radius 3 is 2.45 bits per heavy atom. The zero-order chi connectivity index (χ0) is 15.5. The molecule has 1 N–H and O–H groups in total. The highest BCUT2D eigenvalue weighted by molar-refractivity contribution is 5.77. The zero-order valence-electron chi connectivity index (χ0n) is 12.4. The highest BCUT2D eigenvalue weighted by Gasteiger charge is 2.23. The topological polar surface area (TPSA) is 55.8 Å². The number of ether oxygens (including phenoxy) is 2. The molecule has 0 aromatic heterocycles. The number of benzene rings is 2. The van der Waals surface area contributed by atoms with Crippen molar-refractivity contribution in [3.05, 3.63) is 59.2 Å². The van der Waals surface area contributed by atoms with Gasteiger partial charge in [0.25, 0.3) is 0 Å². The van der Waals surface area contributed by atoms with Crippen LogP contribution in [0.4, 0.5) is 0 Å². The number of carboxylic acid groups (broad SMARTS) is 1. The lowest BCUT2D eigenvalue weighted by Crippen LogP contribution is -2.18. The summed E-state index contributed by atoms with van der Waals surface area (Å²) in [5.74, 6) is -0.135. The maximum absolute atomic E-state index is 11.7. The Labute approximate surface area is 129 Å². The molecule has 2 aromatic rings. The first-order valence-electron chi connectivity index (χ1n) is 7.31. The third-order valence-electron chi connectivity index (χ3n) is 3.83. The van der Waals surface area contributed by atoms with E-state index in [1.54, 1.807) is 18.2 Å². The maximum Gasteiger partial charge on any atom is 0.311 e. The Balaban J connectivity index is 1.87. The summed E-state index contributed by atoms with van der Waals surface area (Å²) in [4.78, 5) is 11.7. The molecule has 22 heavy (non-hydrogen) atoms. The van der Waals surface area contributed by atoms with E-state index in [2.05, 4.69) is 0 Å². The molecule has 1 atom stereocenters. The molecule has 0 spiro atoms. The fourth-order valence-corrected chi connectivity index (χ4v) is 2.58. The minimum absolute atomic E-state index is 0.454. The Hall–Kier alpha value is -2.49. The summed E-state index contributed by atoms with van der Waals surface area (Å²) in [5, 5.41) is 9.57. The largest absolute Gasteiger partial charge is 0.486 e. The quantitative estimate of drug-likeness (QED) is 0.942. The standard InChI is InChI=1S/C18H18O4/c1-12-2-4-13(5-3-12)10-15(18(19)20)14-6-7-16-17(11-14)22-9-8-21-16/h2-7,11,15H,8-10H2,1H3,(H,19,20). The van der Waals surface area contributed by atoms with Gasteiger partial charge in [0, 0.05) is 0 Å². The molecule has 0 amide bonds. The van der Waals surface area contributed by atoms with Crippen LogP contribution in [0.3, 0.4) is 0 Å². The lowest BCUT2D eigenvalue weighted by molar-refractivity contribution is -0.138. The number of fused-ring (bicyclic) bond motifs is 1. The molecular weight excluding hydrogens is 280 g/mol. The fraction of sp³-hybridized carbons (Fsp3) is 0.278. The molecule has 0 bridgehead atoms. The van der Waals surface area contributed by atoms with Crippen LogP contribution in [-0.4, -0.2) is 24.3 Å². The van der Waals surface area contributed by atoms with Crippen molar-refractivity contribution in [3.63, 3.8) is 0 Å². The van der Waals surface area contributed by atoms with E-state index in [1.807, 2.05) is 31.2 Å². The summed E-state index contributed by atoms with van der Waals surface area (Å²) < 4.78 is 11.0. The number of aryl methyl sites for hydroxylation is 1. The SMILES string of the molecule is Cc1ccc(CC(C(=O)O)c2ccc3c(c2)OCCO3)cc1. The molecule has 3 rings (SSSR count). The van der Waals surface area contributed by atoms with Crippen LogP contribution in [0, 0.1) is 6.92 Å². The van der Waals surface area contributed by atoms with Gasteiger partial charge in [-0.3, -0.25) is 4.79 Å². The van der Waals surface area contributed by atoms with Gasteiger partial charge >= 0.3 is 5.97 Å². The van der Waals surface area contributed by atoms with Gasteiger partial charge in [-0.2, -0.15) is 0 Å². The van der Waals surface area contributed by atoms with Crippen molar-refractivity contribution in [1.82, 2.24) is 0 Å². The van der Waals surface area contributed by atoms with Gasteiger partial charge in [0.05, 0.1) is 5.92 Å². The van der Waals surface area contributed by atoms with Crippen LogP contribution in [0.1, 0.15) is 22.6 Å². The second-order valence-corrected chi connectivity index (χ2v) is 5.48. The van der Waals surface area contributed by atoms with Gasteiger partial charge < -0.3 is 14.6 Å². The van der Waals surface area contributed by atoms with Crippen molar-refractivity contribution in [2.24, 2.45) is 0 Å². The van der Waals surface area contributed by atoms with Gasteiger partial charge in [0.2, 0.25) is 0 Å². The highest BCUT2D eigenvalue weighted by atomic mass is 16.6. The molecule has 1 unspecified atom stereocenters. The summed E-state index contributed by atoms with van der Waals surface area (Å²) in [5.41, 5.74) is 2.90. The third-order valence-corrected chi connectivity index (χ3v) is 3.83. The molecular formula is C18H18O4. The first-order chi connectivity index (χ1) is 10.6. The third kappa shape index (κ3) is 3.06. The number of aliphatic carboxylic acids is 1. The summed E-state index contributed by atoms with van der Waals surface area (Å²) in [7, 11) is 0. The predicted molar refractivity (Wildman–Crippen MR) is 82.7 cm³/mol. The molecule has 114 valence electrons. The van der Waals surface area contributed by atoms with E-state index in [0.29, 0.717) is 31.1 Å². The lowest BCUT2D eigenvalue weighted by Gasteiger charge is -2.20. The van der Waals surface area contributed by atoms with Crippen molar-refractivity contribution in [2.45, 2.75) is 19.3 Å².